The first kappa shape index (κ1) is 30.3. The van der Waals surface area contributed by atoms with Crippen molar-refractivity contribution in [2.45, 2.75) is 84.1 Å². The normalized spacial score (nSPS) is 31.3. The molecule has 6 atom stereocenters. The maximum absolute atomic E-state index is 12.7. The molecule has 3 fully saturated rings. The van der Waals surface area contributed by atoms with Crippen molar-refractivity contribution < 1.29 is 14.7 Å². The molecule has 2 saturated heterocycles. The number of carbonyl (C=O) groups excluding carboxylic acids is 1. The molecular weight excluding hydrogens is 510 g/mol. The quantitative estimate of drug-likeness (QED) is 0.195. The highest BCUT2D eigenvalue weighted by Gasteiger charge is 2.46. The van der Waals surface area contributed by atoms with Crippen LogP contribution in [0.15, 0.2) is 36.4 Å². The van der Waals surface area contributed by atoms with Crippen LogP contribution in [0.2, 0.25) is 0 Å². The summed E-state index contributed by atoms with van der Waals surface area (Å²) in [6.07, 6.45) is 15.7. The van der Waals surface area contributed by atoms with Crippen molar-refractivity contribution in [2.75, 3.05) is 38.5 Å². The van der Waals surface area contributed by atoms with Crippen molar-refractivity contribution in [1.82, 2.24) is 9.80 Å². The monoisotopic (exact) mass is 563 g/mol. The van der Waals surface area contributed by atoms with Gasteiger partial charge < -0.3 is 15.7 Å². The average molecular weight is 564 g/mol. The molecule has 1 aromatic carbocycles. The first-order valence-electron chi connectivity index (χ1n) is 16.5. The summed E-state index contributed by atoms with van der Waals surface area (Å²) in [5, 5.41) is 10.4. The van der Waals surface area contributed by atoms with E-state index in [1.807, 2.05) is 12.1 Å². The van der Waals surface area contributed by atoms with Crippen LogP contribution in [-0.2, 0) is 4.79 Å². The number of piperidine rings is 1. The lowest BCUT2D eigenvalue weighted by atomic mass is 9.71. The van der Waals surface area contributed by atoms with Gasteiger partial charge >= 0.3 is 5.97 Å². The number of carbonyl (C=O) groups is 2. The summed E-state index contributed by atoms with van der Waals surface area (Å²) in [7, 11) is 0. The van der Waals surface area contributed by atoms with E-state index in [9.17, 15) is 14.7 Å². The second-order valence-corrected chi connectivity index (χ2v) is 14.0. The van der Waals surface area contributed by atoms with E-state index in [4.69, 9.17) is 5.73 Å². The number of nitrogens with zero attached hydrogens (tertiary/aromatic N) is 2. The van der Waals surface area contributed by atoms with Gasteiger partial charge in [-0.1, -0.05) is 45.3 Å². The lowest BCUT2D eigenvalue weighted by Gasteiger charge is -2.38. The molecule has 2 aliphatic heterocycles. The van der Waals surface area contributed by atoms with Gasteiger partial charge in [0.15, 0.2) is 5.78 Å². The second-order valence-electron chi connectivity index (χ2n) is 14.0. The summed E-state index contributed by atoms with van der Waals surface area (Å²) in [4.78, 5) is 30.3. The number of hydrogen-bond acceptors (Lipinski definition) is 5. The molecular formula is C35H53N3O3. The summed E-state index contributed by atoms with van der Waals surface area (Å²) in [6, 6.07) is 6.97. The van der Waals surface area contributed by atoms with E-state index in [2.05, 4.69) is 35.8 Å². The number of nitrogen functional groups attached to an aromatic ring is 1. The average Bonchev–Trinajstić information content (AvgIpc) is 3.35. The van der Waals surface area contributed by atoms with Gasteiger partial charge in [-0.2, -0.15) is 0 Å². The highest BCUT2D eigenvalue weighted by atomic mass is 16.4. The van der Waals surface area contributed by atoms with Crippen LogP contribution in [0.1, 0.15) is 88.4 Å². The van der Waals surface area contributed by atoms with Crippen molar-refractivity contribution in [3.05, 3.63) is 42.0 Å². The molecule has 5 rings (SSSR count). The van der Waals surface area contributed by atoms with Gasteiger partial charge in [0.1, 0.15) is 6.04 Å². The summed E-state index contributed by atoms with van der Waals surface area (Å²) in [5.41, 5.74) is 7.23. The molecule has 0 radical (unpaired) electrons. The van der Waals surface area contributed by atoms with Crippen molar-refractivity contribution in [2.24, 2.45) is 41.4 Å². The number of nitrogens with two attached hydrogens (primary N) is 1. The van der Waals surface area contributed by atoms with Crippen LogP contribution in [0.3, 0.4) is 0 Å². The standard InChI is InChI=1S/C35H53N3O3/c1-24-8-14-31(25(2)20-24)32-23-38(34(35(40)41)28-6-4-3-5-7-28)22-29(32)21-37-18-16-26(17-19-37)9-15-33(39)27-10-12-30(36)13-11-27/h8,10-14,24-26,28-29,31-32,34H,3-7,9,15-23,36H2,1-2H3,(H,40,41)/t24?,25?,29-,31?,32-,34+/m0/s1. The van der Waals surface area contributed by atoms with Crippen LogP contribution in [-0.4, -0.2) is 65.4 Å². The third-order valence-electron chi connectivity index (χ3n) is 11.0. The molecule has 0 amide bonds. The second kappa shape index (κ2) is 13.9. The lowest BCUT2D eigenvalue weighted by molar-refractivity contribution is -0.145. The molecule has 0 spiro atoms. The van der Waals surface area contributed by atoms with E-state index >= 15 is 0 Å². The number of Topliss-reactive ketones (excluding diaryl/α,β-unsaturated/α-hetero) is 1. The number of rotatable bonds is 10. The highest BCUT2D eigenvalue weighted by Crippen LogP contribution is 2.42. The van der Waals surface area contributed by atoms with Crippen molar-refractivity contribution in [3.8, 4) is 0 Å². The highest BCUT2D eigenvalue weighted by molar-refractivity contribution is 5.96. The smallest absolute Gasteiger partial charge is 0.321 e. The van der Waals surface area contributed by atoms with Gasteiger partial charge in [-0.05, 0) is 117 Å². The molecule has 3 N–H and O–H groups in total. The number of benzene rings is 1. The Kier molecular flexibility index (Phi) is 10.2. The molecule has 0 bridgehead atoms. The molecule has 1 saturated carbocycles. The zero-order valence-corrected chi connectivity index (χ0v) is 25.4. The Hall–Kier alpha value is -2.18. The van der Waals surface area contributed by atoms with E-state index in [1.165, 1.54) is 25.7 Å². The van der Waals surface area contributed by atoms with Crippen LogP contribution >= 0.6 is 0 Å². The van der Waals surface area contributed by atoms with E-state index < -0.39 is 5.97 Å². The minimum atomic E-state index is -0.605. The predicted molar refractivity (Wildman–Crippen MR) is 166 cm³/mol. The van der Waals surface area contributed by atoms with E-state index in [-0.39, 0.29) is 11.8 Å². The first-order valence-corrected chi connectivity index (χ1v) is 16.5. The van der Waals surface area contributed by atoms with E-state index in [1.54, 1.807) is 12.1 Å². The third-order valence-corrected chi connectivity index (χ3v) is 11.0. The Bertz CT molecular complexity index is 1040. The van der Waals surface area contributed by atoms with Crippen molar-refractivity contribution in [1.29, 1.82) is 0 Å². The van der Waals surface area contributed by atoms with Crippen LogP contribution in [0, 0.1) is 41.4 Å². The molecule has 2 heterocycles. The number of anilines is 1. The van der Waals surface area contributed by atoms with Gasteiger partial charge in [0.25, 0.3) is 0 Å². The number of carboxylic acid groups (broad SMARTS) is 1. The Morgan fingerprint density at radius 1 is 0.976 bits per heavy atom. The van der Waals surface area contributed by atoms with Gasteiger partial charge in [-0.15, -0.1) is 0 Å². The Morgan fingerprint density at radius 3 is 2.34 bits per heavy atom. The van der Waals surface area contributed by atoms with Crippen LogP contribution in [0.25, 0.3) is 0 Å². The molecule has 6 heteroatoms. The van der Waals surface area contributed by atoms with Crippen molar-refractivity contribution >= 4 is 17.4 Å². The van der Waals surface area contributed by atoms with Crippen LogP contribution in [0.4, 0.5) is 5.69 Å². The Balaban J connectivity index is 1.19. The topological polar surface area (TPSA) is 86.9 Å². The minimum Gasteiger partial charge on any atom is -0.480 e. The van der Waals surface area contributed by atoms with E-state index in [0.717, 1.165) is 70.4 Å². The summed E-state index contributed by atoms with van der Waals surface area (Å²) in [5.74, 6) is 3.37. The number of ketones is 1. The Morgan fingerprint density at radius 2 is 1.68 bits per heavy atom. The van der Waals surface area contributed by atoms with E-state index in [0.29, 0.717) is 53.5 Å². The number of likely N-dealkylation sites (tertiary alicyclic amines) is 2. The zero-order valence-electron chi connectivity index (χ0n) is 25.4. The molecule has 1 aromatic rings. The SMILES string of the molecule is CC1C=CC([C@H]2CN([C@@H](C(=O)O)C3CCCCC3)C[C@@H]2CN2CCC(CCC(=O)c3ccc(N)cc3)CC2)C(C)C1. The molecule has 6 nitrogen and oxygen atoms in total. The van der Waals surface area contributed by atoms with Gasteiger partial charge in [0, 0.05) is 37.3 Å². The fraction of sp³-hybridized carbons (Fsp3) is 0.714. The summed E-state index contributed by atoms with van der Waals surface area (Å²) < 4.78 is 0. The molecule has 41 heavy (non-hydrogen) atoms. The number of allylic oxidation sites excluding steroid dienone is 2. The lowest BCUT2D eigenvalue weighted by Crippen LogP contribution is -2.46. The molecule has 226 valence electrons. The van der Waals surface area contributed by atoms with Gasteiger partial charge in [-0.25, -0.2) is 0 Å². The molecule has 2 aliphatic carbocycles. The number of hydrogen-bond donors (Lipinski definition) is 2. The number of aliphatic carboxylic acids is 1. The molecule has 0 aromatic heterocycles. The fourth-order valence-electron chi connectivity index (χ4n) is 8.73. The van der Waals surface area contributed by atoms with Crippen LogP contribution in [0.5, 0.6) is 0 Å². The zero-order chi connectivity index (χ0) is 28.9. The van der Waals surface area contributed by atoms with Crippen molar-refractivity contribution in [3.63, 3.8) is 0 Å². The summed E-state index contributed by atoms with van der Waals surface area (Å²) >= 11 is 0. The van der Waals surface area contributed by atoms with Crippen LogP contribution < -0.4 is 5.73 Å². The minimum absolute atomic E-state index is 0.219. The predicted octanol–water partition coefficient (Wildman–Crippen LogP) is 6.37. The maximum Gasteiger partial charge on any atom is 0.321 e. The summed E-state index contributed by atoms with van der Waals surface area (Å²) in [6.45, 7) is 9.82. The molecule has 3 unspecified atom stereocenters. The molecule has 4 aliphatic rings. The van der Waals surface area contributed by atoms with Gasteiger partial charge in [0.05, 0.1) is 0 Å². The first-order chi connectivity index (χ1) is 19.8. The Labute approximate surface area is 247 Å². The largest absolute Gasteiger partial charge is 0.480 e. The van der Waals surface area contributed by atoms with Gasteiger partial charge in [-0.3, -0.25) is 14.5 Å². The van der Waals surface area contributed by atoms with Gasteiger partial charge in [0.2, 0.25) is 0 Å². The number of carboxylic acids is 1. The maximum atomic E-state index is 12.7. The fourth-order valence-corrected chi connectivity index (χ4v) is 8.73. The third kappa shape index (κ3) is 7.62.